The van der Waals surface area contributed by atoms with Gasteiger partial charge in [-0.25, -0.2) is 9.59 Å². The molecule has 0 aromatic carbocycles. The largest absolute Gasteiger partial charge is 0.467 e. The molecule has 4 saturated carbocycles. The zero-order chi connectivity index (χ0) is 17.5. The predicted octanol–water partition coefficient (Wildman–Crippen LogP) is 1.81. The van der Waals surface area contributed by atoms with Crippen molar-refractivity contribution in [3.63, 3.8) is 0 Å². The summed E-state index contributed by atoms with van der Waals surface area (Å²) in [5.41, 5.74) is -0.503. The van der Waals surface area contributed by atoms with E-state index in [1.807, 2.05) is 13.8 Å². The van der Waals surface area contributed by atoms with Gasteiger partial charge in [0.05, 0.1) is 12.7 Å². The van der Waals surface area contributed by atoms with Gasteiger partial charge in [0, 0.05) is 6.04 Å². The van der Waals surface area contributed by atoms with Gasteiger partial charge in [-0.2, -0.15) is 0 Å². The van der Waals surface area contributed by atoms with E-state index in [1.165, 1.54) is 7.11 Å². The Morgan fingerprint density at radius 1 is 1.21 bits per heavy atom. The molecule has 4 aliphatic rings. The molecule has 0 saturated heterocycles. The summed E-state index contributed by atoms with van der Waals surface area (Å²) in [5.74, 6) is 1.20. The minimum absolute atomic E-state index is 0.110. The molecule has 0 spiro atoms. The SMILES string of the molecule is COC(=O)[C@H](CC(C)C)NC(=O)NC1C2CC3CC1CC(O)(C3)C2. The van der Waals surface area contributed by atoms with Gasteiger partial charge in [-0.3, -0.25) is 0 Å². The van der Waals surface area contributed by atoms with Crippen LogP contribution in [0.25, 0.3) is 0 Å². The molecule has 136 valence electrons. The summed E-state index contributed by atoms with van der Waals surface area (Å²) in [6, 6.07) is -0.800. The van der Waals surface area contributed by atoms with Gasteiger partial charge in [0.1, 0.15) is 6.04 Å². The first-order chi connectivity index (χ1) is 11.3. The topological polar surface area (TPSA) is 87.7 Å². The van der Waals surface area contributed by atoms with Crippen LogP contribution in [0.1, 0.15) is 52.4 Å². The summed E-state index contributed by atoms with van der Waals surface area (Å²) in [6.45, 7) is 4.02. The number of rotatable bonds is 5. The fraction of sp³-hybridized carbons (Fsp3) is 0.889. The highest BCUT2D eigenvalue weighted by molar-refractivity contribution is 5.83. The molecule has 6 heteroatoms. The quantitative estimate of drug-likeness (QED) is 0.667. The fourth-order valence-electron chi connectivity index (χ4n) is 5.40. The predicted molar refractivity (Wildman–Crippen MR) is 89.2 cm³/mol. The molecule has 2 amide bonds. The van der Waals surface area contributed by atoms with Crippen molar-refractivity contribution in [1.82, 2.24) is 10.6 Å². The molecule has 0 aliphatic heterocycles. The average Bonchev–Trinajstić information content (AvgIpc) is 2.47. The van der Waals surface area contributed by atoms with Gasteiger partial charge >= 0.3 is 12.0 Å². The summed E-state index contributed by atoms with van der Waals surface area (Å²) >= 11 is 0. The van der Waals surface area contributed by atoms with Crippen LogP contribution in [0.15, 0.2) is 0 Å². The minimum Gasteiger partial charge on any atom is -0.467 e. The van der Waals surface area contributed by atoms with Crippen molar-refractivity contribution in [1.29, 1.82) is 0 Å². The molecule has 4 aliphatic carbocycles. The summed E-state index contributed by atoms with van der Waals surface area (Å²) in [6.07, 6.45) is 5.25. The van der Waals surface area contributed by atoms with Crippen molar-refractivity contribution in [3.05, 3.63) is 0 Å². The Hall–Kier alpha value is -1.30. The number of aliphatic hydroxyl groups is 1. The van der Waals surface area contributed by atoms with E-state index in [0.717, 1.165) is 32.1 Å². The monoisotopic (exact) mass is 338 g/mol. The van der Waals surface area contributed by atoms with E-state index in [9.17, 15) is 14.7 Å². The molecular formula is C18H30N2O4. The van der Waals surface area contributed by atoms with Gasteiger partial charge in [-0.05, 0) is 62.2 Å². The fourth-order valence-corrected chi connectivity index (χ4v) is 5.40. The van der Waals surface area contributed by atoms with Crippen LogP contribution in [0.5, 0.6) is 0 Å². The molecular weight excluding hydrogens is 308 g/mol. The molecule has 3 N–H and O–H groups in total. The number of urea groups is 1. The second-order valence-corrected chi connectivity index (χ2v) is 8.54. The third kappa shape index (κ3) is 3.53. The molecule has 3 atom stereocenters. The highest BCUT2D eigenvalue weighted by Crippen LogP contribution is 2.55. The number of carbonyl (C=O) groups is 2. The summed E-state index contributed by atoms with van der Waals surface area (Å²) < 4.78 is 4.80. The molecule has 0 heterocycles. The lowest BCUT2D eigenvalue weighted by molar-refractivity contribution is -0.143. The van der Waals surface area contributed by atoms with Crippen molar-refractivity contribution in [2.45, 2.75) is 70.1 Å². The number of amides is 2. The number of carbonyl (C=O) groups excluding carboxylic acids is 2. The molecule has 2 unspecified atom stereocenters. The number of nitrogens with one attached hydrogen (secondary N) is 2. The maximum atomic E-state index is 12.4. The Morgan fingerprint density at radius 3 is 2.33 bits per heavy atom. The van der Waals surface area contributed by atoms with Crippen LogP contribution >= 0.6 is 0 Å². The smallest absolute Gasteiger partial charge is 0.328 e. The molecule has 4 fully saturated rings. The lowest BCUT2D eigenvalue weighted by Gasteiger charge is -2.58. The Labute approximate surface area is 143 Å². The van der Waals surface area contributed by atoms with Crippen LogP contribution in [0, 0.1) is 23.7 Å². The van der Waals surface area contributed by atoms with E-state index in [4.69, 9.17) is 4.74 Å². The van der Waals surface area contributed by atoms with Crippen LogP contribution in [-0.2, 0) is 9.53 Å². The van der Waals surface area contributed by atoms with Gasteiger partial charge in [0.15, 0.2) is 0 Å². The zero-order valence-electron chi connectivity index (χ0n) is 14.9. The molecule has 6 nitrogen and oxygen atoms in total. The number of ether oxygens (including phenoxy) is 1. The lowest BCUT2D eigenvalue weighted by atomic mass is 9.52. The zero-order valence-corrected chi connectivity index (χ0v) is 14.9. The van der Waals surface area contributed by atoms with E-state index in [0.29, 0.717) is 24.2 Å². The first-order valence-corrected chi connectivity index (χ1v) is 9.17. The van der Waals surface area contributed by atoms with Gasteiger partial charge in [-0.15, -0.1) is 0 Å². The van der Waals surface area contributed by atoms with Crippen molar-refractivity contribution < 1.29 is 19.4 Å². The van der Waals surface area contributed by atoms with E-state index in [1.54, 1.807) is 0 Å². The Bertz CT molecular complexity index is 491. The molecule has 0 aromatic heterocycles. The van der Waals surface area contributed by atoms with E-state index in [2.05, 4.69) is 10.6 Å². The highest BCUT2D eigenvalue weighted by atomic mass is 16.5. The summed E-state index contributed by atoms with van der Waals surface area (Å²) in [5, 5.41) is 16.5. The van der Waals surface area contributed by atoms with Crippen LogP contribution in [0.4, 0.5) is 4.79 Å². The van der Waals surface area contributed by atoms with Crippen LogP contribution in [0.3, 0.4) is 0 Å². The second-order valence-electron chi connectivity index (χ2n) is 8.54. The van der Waals surface area contributed by atoms with Crippen LogP contribution < -0.4 is 10.6 Å². The van der Waals surface area contributed by atoms with Crippen molar-refractivity contribution in [2.75, 3.05) is 7.11 Å². The van der Waals surface area contributed by atoms with E-state index >= 15 is 0 Å². The van der Waals surface area contributed by atoms with Crippen LogP contribution in [0.2, 0.25) is 0 Å². The number of hydrogen-bond acceptors (Lipinski definition) is 4. The molecule has 24 heavy (non-hydrogen) atoms. The first-order valence-electron chi connectivity index (χ1n) is 9.17. The lowest BCUT2D eigenvalue weighted by Crippen LogP contribution is -2.63. The van der Waals surface area contributed by atoms with Crippen molar-refractivity contribution in [2.24, 2.45) is 23.7 Å². The third-order valence-corrected chi connectivity index (χ3v) is 6.04. The maximum Gasteiger partial charge on any atom is 0.328 e. The van der Waals surface area contributed by atoms with Gasteiger partial charge in [-0.1, -0.05) is 13.8 Å². The maximum absolute atomic E-state index is 12.4. The van der Waals surface area contributed by atoms with E-state index in [-0.39, 0.29) is 18.0 Å². The standard InChI is InChI=1S/C18H30N2O4/c1-10(2)4-14(16(21)24-3)19-17(22)20-15-12-5-11-6-13(15)9-18(23,7-11)8-12/h10-15,23H,4-9H2,1-3H3,(H2,19,20,22)/t11?,12?,13?,14-,15?,18?/m0/s1. The van der Waals surface area contributed by atoms with Crippen molar-refractivity contribution in [3.8, 4) is 0 Å². The average molecular weight is 338 g/mol. The van der Waals surface area contributed by atoms with E-state index < -0.39 is 17.6 Å². The molecule has 4 rings (SSSR count). The number of hydrogen-bond donors (Lipinski definition) is 3. The summed E-state index contributed by atoms with van der Waals surface area (Å²) in [7, 11) is 1.34. The van der Waals surface area contributed by atoms with Gasteiger partial charge < -0.3 is 20.5 Å². The Kier molecular flexibility index (Phi) is 4.78. The van der Waals surface area contributed by atoms with Crippen molar-refractivity contribution >= 4 is 12.0 Å². The number of methoxy groups -OCH3 is 1. The highest BCUT2D eigenvalue weighted by Gasteiger charge is 2.55. The van der Waals surface area contributed by atoms with Gasteiger partial charge in [0.2, 0.25) is 0 Å². The van der Waals surface area contributed by atoms with Gasteiger partial charge in [0.25, 0.3) is 0 Å². The Morgan fingerprint density at radius 2 is 1.83 bits per heavy atom. The summed E-state index contributed by atoms with van der Waals surface area (Å²) in [4.78, 5) is 24.3. The Balaban J connectivity index is 1.59. The minimum atomic E-state index is -0.615. The first kappa shape index (κ1) is 17.5. The second kappa shape index (κ2) is 6.54. The number of esters is 1. The third-order valence-electron chi connectivity index (χ3n) is 6.04. The molecule has 4 bridgehead atoms. The van der Waals surface area contributed by atoms with Crippen LogP contribution in [-0.4, -0.2) is 41.9 Å². The normalized spacial score (nSPS) is 38.0. The molecule has 0 aromatic rings. The molecule has 0 radical (unpaired) electrons.